The molecule has 4 heteroatoms. The third-order valence-electron chi connectivity index (χ3n) is 7.00. The van der Waals surface area contributed by atoms with E-state index in [9.17, 15) is 4.39 Å². The minimum atomic E-state index is -0.226. The molecular weight excluding hydrogens is 373 g/mol. The Balaban J connectivity index is 1.46. The third kappa shape index (κ3) is 3.15. The van der Waals surface area contributed by atoms with Gasteiger partial charge in [-0.1, -0.05) is 24.6 Å². The number of hydrogen-bond acceptors (Lipinski definition) is 2. The van der Waals surface area contributed by atoms with Crippen LogP contribution < -0.4 is 0 Å². The zero-order valence-corrected chi connectivity index (χ0v) is 17.1. The minimum absolute atomic E-state index is 0.0971. The van der Waals surface area contributed by atoms with Crippen LogP contribution in [0.5, 0.6) is 0 Å². The molecule has 2 aliphatic rings. The van der Waals surface area contributed by atoms with E-state index in [0.29, 0.717) is 11.5 Å². The van der Waals surface area contributed by atoms with Crippen molar-refractivity contribution in [3.8, 4) is 17.3 Å². The molecule has 1 fully saturated rings. The number of allylic oxidation sites excluding steroid dienone is 1. The number of fused-ring (bicyclic) bond motifs is 2. The highest BCUT2D eigenvalue weighted by molar-refractivity contribution is 5.72. The highest BCUT2D eigenvalue weighted by Gasteiger charge is 2.43. The lowest BCUT2D eigenvalue weighted by Crippen LogP contribution is -2.40. The lowest BCUT2D eigenvalue weighted by Gasteiger charge is -2.46. The fourth-order valence-electron chi connectivity index (χ4n) is 5.22. The predicted molar refractivity (Wildman–Crippen MR) is 116 cm³/mol. The normalized spacial score (nSPS) is 22.6. The van der Waals surface area contributed by atoms with Crippen molar-refractivity contribution in [2.75, 3.05) is 0 Å². The maximum Gasteiger partial charge on any atom is 0.123 e. The molecule has 5 rings (SSSR count). The first kappa shape index (κ1) is 18.8. The molecule has 30 heavy (non-hydrogen) atoms. The van der Waals surface area contributed by atoms with Gasteiger partial charge in [0.05, 0.1) is 29.3 Å². The Morgan fingerprint density at radius 2 is 1.93 bits per heavy atom. The first-order valence-corrected chi connectivity index (χ1v) is 10.6. The van der Waals surface area contributed by atoms with Gasteiger partial charge in [0.1, 0.15) is 5.82 Å². The van der Waals surface area contributed by atoms with Crippen LogP contribution in [0.15, 0.2) is 60.4 Å². The van der Waals surface area contributed by atoms with Crippen molar-refractivity contribution >= 4 is 6.08 Å². The summed E-state index contributed by atoms with van der Waals surface area (Å²) >= 11 is 0. The van der Waals surface area contributed by atoms with Crippen LogP contribution in [0.4, 0.5) is 4.39 Å². The molecular formula is C26H24FN3. The molecule has 0 amide bonds. The highest BCUT2D eigenvalue weighted by Crippen LogP contribution is 2.51. The maximum absolute atomic E-state index is 13.4. The zero-order valence-electron chi connectivity index (χ0n) is 17.1. The largest absolute Gasteiger partial charge is 0.330 e. The van der Waals surface area contributed by atoms with Crippen LogP contribution in [-0.2, 0) is 13.0 Å². The van der Waals surface area contributed by atoms with Crippen molar-refractivity contribution in [2.24, 2.45) is 11.3 Å². The van der Waals surface area contributed by atoms with Gasteiger partial charge in [-0.15, -0.1) is 0 Å². The molecule has 2 aromatic carbocycles. The van der Waals surface area contributed by atoms with Gasteiger partial charge in [0.2, 0.25) is 0 Å². The second-order valence-corrected chi connectivity index (χ2v) is 8.80. The molecule has 0 unspecified atom stereocenters. The summed E-state index contributed by atoms with van der Waals surface area (Å²) in [6, 6.07) is 16.8. The lowest BCUT2D eigenvalue weighted by molar-refractivity contribution is 0.152. The number of aromatic nitrogens is 2. The van der Waals surface area contributed by atoms with E-state index in [1.807, 2.05) is 18.5 Å². The van der Waals surface area contributed by atoms with Gasteiger partial charge in [0, 0.05) is 17.5 Å². The Kier molecular flexibility index (Phi) is 4.55. The molecule has 3 nitrogen and oxygen atoms in total. The van der Waals surface area contributed by atoms with Crippen molar-refractivity contribution in [1.82, 2.24) is 9.55 Å². The quantitative estimate of drug-likeness (QED) is 0.543. The summed E-state index contributed by atoms with van der Waals surface area (Å²) in [6.45, 7) is 3.32. The molecule has 1 saturated carbocycles. The van der Waals surface area contributed by atoms with E-state index in [1.165, 1.54) is 36.1 Å². The molecule has 150 valence electrons. The van der Waals surface area contributed by atoms with Gasteiger partial charge in [-0.2, -0.15) is 5.26 Å². The van der Waals surface area contributed by atoms with Gasteiger partial charge in [0.25, 0.3) is 0 Å². The number of benzene rings is 2. The first-order chi connectivity index (χ1) is 14.6. The molecule has 0 saturated heterocycles. The zero-order chi connectivity index (χ0) is 20.7. The van der Waals surface area contributed by atoms with E-state index in [0.717, 1.165) is 36.3 Å². The van der Waals surface area contributed by atoms with Crippen molar-refractivity contribution < 1.29 is 4.39 Å². The van der Waals surface area contributed by atoms with Crippen molar-refractivity contribution in [2.45, 2.75) is 39.2 Å². The van der Waals surface area contributed by atoms with E-state index < -0.39 is 0 Å². The fraction of sp³-hybridized carbons (Fsp3) is 0.308. The van der Waals surface area contributed by atoms with E-state index in [1.54, 1.807) is 12.1 Å². The number of halogens is 1. The van der Waals surface area contributed by atoms with Crippen LogP contribution in [0.3, 0.4) is 0 Å². The van der Waals surface area contributed by atoms with Gasteiger partial charge in [-0.05, 0) is 79.6 Å². The number of rotatable bonds is 3. The van der Waals surface area contributed by atoms with Gasteiger partial charge >= 0.3 is 0 Å². The molecule has 2 heterocycles. The predicted octanol–water partition coefficient (Wildman–Crippen LogP) is 6.01. The van der Waals surface area contributed by atoms with Crippen LogP contribution in [-0.4, -0.2) is 9.55 Å². The van der Waals surface area contributed by atoms with Crippen LogP contribution in [0.25, 0.3) is 17.3 Å². The summed E-state index contributed by atoms with van der Waals surface area (Å²) in [7, 11) is 0. The topological polar surface area (TPSA) is 41.6 Å². The van der Waals surface area contributed by atoms with E-state index in [2.05, 4.69) is 40.8 Å². The Morgan fingerprint density at radius 1 is 1.17 bits per heavy atom. The van der Waals surface area contributed by atoms with Crippen LogP contribution in [0, 0.1) is 28.5 Å². The monoisotopic (exact) mass is 397 g/mol. The Hall–Kier alpha value is -3.19. The Labute approximate surface area is 176 Å². The smallest absolute Gasteiger partial charge is 0.123 e. The third-order valence-corrected chi connectivity index (χ3v) is 7.00. The standard InChI is InChI=1S/C26H24FN3/c1-26-16-30-17-29-25(20-9-11-23(27)12-10-20)24(30)14-22(26)4-2-3-21(26)13-18-5-7-19(15-28)8-6-18/h5-12,14,17,21H,2-4,13,16H2,1H3/t21-,26-/m1/s1. The Bertz CT molecular complexity index is 1150. The maximum atomic E-state index is 13.4. The van der Waals surface area contributed by atoms with E-state index in [-0.39, 0.29) is 11.2 Å². The molecule has 1 aliphatic carbocycles. The molecule has 0 N–H and O–H groups in total. The number of nitriles is 1. The first-order valence-electron chi connectivity index (χ1n) is 10.6. The van der Waals surface area contributed by atoms with Crippen molar-refractivity contribution in [3.63, 3.8) is 0 Å². The molecule has 0 bridgehead atoms. The van der Waals surface area contributed by atoms with Gasteiger partial charge < -0.3 is 4.57 Å². The molecule has 0 spiro atoms. The minimum Gasteiger partial charge on any atom is -0.330 e. The van der Waals surface area contributed by atoms with Crippen LogP contribution >= 0.6 is 0 Å². The SMILES string of the molecule is C[C@]12Cn3cnc(-c4ccc(F)cc4)c3C=C1CCC[C@@H]2Cc1ccc(C#N)cc1. The number of hydrogen-bond donors (Lipinski definition) is 0. The summed E-state index contributed by atoms with van der Waals surface area (Å²) in [6.07, 6.45) is 8.81. The molecule has 0 radical (unpaired) electrons. The average Bonchev–Trinajstić information content (AvgIpc) is 3.16. The van der Waals surface area contributed by atoms with E-state index in [4.69, 9.17) is 5.26 Å². The average molecular weight is 397 g/mol. The fourth-order valence-corrected chi connectivity index (χ4v) is 5.22. The molecule has 1 aromatic heterocycles. The number of nitrogens with zero attached hydrogens (tertiary/aromatic N) is 3. The van der Waals surface area contributed by atoms with Crippen molar-refractivity contribution in [1.29, 1.82) is 5.26 Å². The van der Waals surface area contributed by atoms with E-state index >= 15 is 0 Å². The van der Waals surface area contributed by atoms with Crippen LogP contribution in [0.2, 0.25) is 0 Å². The van der Waals surface area contributed by atoms with Gasteiger partial charge in [0.15, 0.2) is 0 Å². The Morgan fingerprint density at radius 3 is 2.67 bits per heavy atom. The highest BCUT2D eigenvalue weighted by atomic mass is 19.1. The summed E-state index contributed by atoms with van der Waals surface area (Å²) in [5.74, 6) is 0.325. The molecule has 3 aromatic rings. The van der Waals surface area contributed by atoms with Crippen molar-refractivity contribution in [3.05, 3.63) is 83.1 Å². The summed E-state index contributed by atoms with van der Waals surface area (Å²) < 4.78 is 15.6. The molecule has 1 aliphatic heterocycles. The lowest BCUT2D eigenvalue weighted by atomic mass is 9.61. The second kappa shape index (κ2) is 7.25. The van der Waals surface area contributed by atoms with Gasteiger partial charge in [-0.3, -0.25) is 0 Å². The second-order valence-electron chi connectivity index (χ2n) is 8.80. The summed E-state index contributed by atoms with van der Waals surface area (Å²) in [4.78, 5) is 4.68. The summed E-state index contributed by atoms with van der Waals surface area (Å²) in [5, 5.41) is 9.05. The summed E-state index contributed by atoms with van der Waals surface area (Å²) in [5.41, 5.74) is 6.62. The van der Waals surface area contributed by atoms with Crippen LogP contribution in [0.1, 0.15) is 43.0 Å². The molecule has 2 atom stereocenters. The number of imidazole rings is 1. The van der Waals surface area contributed by atoms with Gasteiger partial charge in [-0.25, -0.2) is 9.37 Å².